The van der Waals surface area contributed by atoms with Crippen LogP contribution in [0.4, 0.5) is 16.3 Å². The summed E-state index contributed by atoms with van der Waals surface area (Å²) < 4.78 is 0. The number of fused-ring (bicyclic) bond motifs is 1. The van der Waals surface area contributed by atoms with Gasteiger partial charge in [0, 0.05) is 60.0 Å². The van der Waals surface area contributed by atoms with Crippen molar-refractivity contribution in [1.29, 1.82) is 0 Å². The van der Waals surface area contributed by atoms with Gasteiger partial charge in [0.15, 0.2) is 0 Å². The Morgan fingerprint density at radius 2 is 1.91 bits per heavy atom. The SMILES string of the molecule is C[C@@H]1CN(c2ncnc3[nH]c(-c4ccncc4)cc23)CCN1C(=O)Nc1ccc(Cl)cc1. The van der Waals surface area contributed by atoms with E-state index in [9.17, 15) is 4.79 Å². The van der Waals surface area contributed by atoms with E-state index in [1.54, 1.807) is 43.0 Å². The molecular formula is C23H22ClN7O. The molecule has 2 amide bonds. The van der Waals surface area contributed by atoms with Gasteiger partial charge in [0.05, 0.1) is 5.39 Å². The first-order valence-electron chi connectivity index (χ1n) is 10.4. The lowest BCUT2D eigenvalue weighted by atomic mass is 10.1. The van der Waals surface area contributed by atoms with Crippen molar-refractivity contribution in [3.8, 4) is 11.3 Å². The van der Waals surface area contributed by atoms with Crippen molar-refractivity contribution in [2.24, 2.45) is 0 Å². The number of hydrogen-bond donors (Lipinski definition) is 2. The summed E-state index contributed by atoms with van der Waals surface area (Å²) in [4.78, 5) is 33.3. The number of urea groups is 1. The van der Waals surface area contributed by atoms with Crippen LogP contribution in [0.25, 0.3) is 22.3 Å². The summed E-state index contributed by atoms with van der Waals surface area (Å²) in [6.45, 7) is 4.00. The maximum absolute atomic E-state index is 12.8. The van der Waals surface area contributed by atoms with Crippen LogP contribution in [-0.4, -0.2) is 56.5 Å². The Balaban J connectivity index is 1.33. The standard InChI is InChI=1S/C23H22ClN7O/c1-15-13-30(10-11-31(15)23(32)28-18-4-2-17(24)3-5-18)22-19-12-20(16-6-8-25-9-7-16)29-21(19)26-14-27-22/h2-9,12,14-15H,10-11,13H2,1H3,(H,28,32)(H,26,27,29)/t15-/m1/s1. The van der Waals surface area contributed by atoms with Crippen LogP contribution < -0.4 is 10.2 Å². The summed E-state index contributed by atoms with van der Waals surface area (Å²) in [5.41, 5.74) is 3.53. The number of piperazine rings is 1. The molecule has 4 aromatic rings. The quantitative estimate of drug-likeness (QED) is 0.485. The molecular weight excluding hydrogens is 426 g/mol. The minimum absolute atomic E-state index is 0.0136. The lowest BCUT2D eigenvalue weighted by molar-refractivity contribution is 0.184. The number of carbonyl (C=O) groups is 1. The molecule has 0 aliphatic carbocycles. The zero-order valence-electron chi connectivity index (χ0n) is 17.5. The number of aromatic nitrogens is 4. The highest BCUT2D eigenvalue weighted by Gasteiger charge is 2.29. The number of rotatable bonds is 3. The molecule has 0 saturated carbocycles. The van der Waals surface area contributed by atoms with Crippen LogP contribution in [0.3, 0.4) is 0 Å². The summed E-state index contributed by atoms with van der Waals surface area (Å²) in [5, 5.41) is 4.55. The van der Waals surface area contributed by atoms with E-state index in [2.05, 4.69) is 36.2 Å². The molecule has 0 radical (unpaired) electrons. The minimum Gasteiger partial charge on any atom is -0.352 e. The van der Waals surface area contributed by atoms with Gasteiger partial charge in [-0.05, 0) is 49.4 Å². The largest absolute Gasteiger partial charge is 0.352 e. The Labute approximate surface area is 190 Å². The molecule has 0 spiro atoms. The molecule has 1 aliphatic rings. The fraction of sp³-hybridized carbons (Fsp3) is 0.217. The Bertz CT molecular complexity index is 1240. The molecule has 0 bridgehead atoms. The normalized spacial score (nSPS) is 16.4. The first kappa shape index (κ1) is 20.3. The maximum atomic E-state index is 12.8. The predicted octanol–water partition coefficient (Wildman–Crippen LogP) is 4.42. The number of carbonyl (C=O) groups excluding carboxylic acids is 1. The van der Waals surface area contributed by atoms with E-state index in [-0.39, 0.29) is 12.1 Å². The Morgan fingerprint density at radius 3 is 2.66 bits per heavy atom. The van der Waals surface area contributed by atoms with Crippen LogP contribution in [-0.2, 0) is 0 Å². The van der Waals surface area contributed by atoms with Crippen molar-refractivity contribution < 1.29 is 4.79 Å². The van der Waals surface area contributed by atoms with Crippen LogP contribution in [0.5, 0.6) is 0 Å². The van der Waals surface area contributed by atoms with Crippen molar-refractivity contribution in [1.82, 2.24) is 24.8 Å². The topological polar surface area (TPSA) is 90.0 Å². The second-order valence-electron chi connectivity index (χ2n) is 7.80. The summed E-state index contributed by atoms with van der Waals surface area (Å²) in [6, 6.07) is 13.0. The lowest BCUT2D eigenvalue weighted by Gasteiger charge is -2.40. The number of halogens is 1. The fourth-order valence-corrected chi connectivity index (χ4v) is 4.17. The minimum atomic E-state index is -0.117. The van der Waals surface area contributed by atoms with Crippen LogP contribution in [0.15, 0.2) is 61.2 Å². The van der Waals surface area contributed by atoms with Gasteiger partial charge in [-0.15, -0.1) is 0 Å². The van der Waals surface area contributed by atoms with Crippen molar-refractivity contribution >= 4 is 40.2 Å². The average molecular weight is 448 g/mol. The first-order valence-corrected chi connectivity index (χ1v) is 10.8. The molecule has 1 saturated heterocycles. The van der Waals surface area contributed by atoms with E-state index in [4.69, 9.17) is 11.6 Å². The number of anilines is 2. The van der Waals surface area contributed by atoms with E-state index < -0.39 is 0 Å². The number of amides is 2. The van der Waals surface area contributed by atoms with Crippen LogP contribution in [0, 0.1) is 0 Å². The molecule has 3 aromatic heterocycles. The van der Waals surface area contributed by atoms with Gasteiger partial charge in [0.25, 0.3) is 0 Å². The van der Waals surface area contributed by atoms with Gasteiger partial charge >= 0.3 is 6.03 Å². The third kappa shape index (κ3) is 3.97. The van der Waals surface area contributed by atoms with E-state index in [1.807, 2.05) is 24.0 Å². The summed E-state index contributed by atoms with van der Waals surface area (Å²) in [6.07, 6.45) is 5.11. The highest BCUT2D eigenvalue weighted by atomic mass is 35.5. The molecule has 9 heteroatoms. The second-order valence-corrected chi connectivity index (χ2v) is 8.24. The molecule has 4 heterocycles. The van der Waals surface area contributed by atoms with Gasteiger partial charge < -0.3 is 20.1 Å². The van der Waals surface area contributed by atoms with Crippen molar-refractivity contribution in [2.75, 3.05) is 29.9 Å². The number of aromatic amines is 1. The smallest absolute Gasteiger partial charge is 0.322 e. The molecule has 5 rings (SSSR count). The Kier molecular flexibility index (Phi) is 5.36. The Morgan fingerprint density at radius 1 is 1.12 bits per heavy atom. The average Bonchev–Trinajstić information content (AvgIpc) is 3.25. The van der Waals surface area contributed by atoms with Crippen LogP contribution >= 0.6 is 11.6 Å². The van der Waals surface area contributed by atoms with Crippen LogP contribution in [0.2, 0.25) is 5.02 Å². The summed E-state index contributed by atoms with van der Waals surface area (Å²) in [5.74, 6) is 0.871. The van der Waals surface area contributed by atoms with E-state index >= 15 is 0 Å². The molecule has 8 nitrogen and oxygen atoms in total. The highest BCUT2D eigenvalue weighted by molar-refractivity contribution is 6.30. The number of hydrogen-bond acceptors (Lipinski definition) is 5. The number of nitrogens with zero attached hydrogens (tertiary/aromatic N) is 5. The van der Waals surface area contributed by atoms with Crippen molar-refractivity contribution in [2.45, 2.75) is 13.0 Å². The van der Waals surface area contributed by atoms with Crippen LogP contribution in [0.1, 0.15) is 6.92 Å². The highest BCUT2D eigenvalue weighted by Crippen LogP contribution is 2.29. The second kappa shape index (κ2) is 8.47. The zero-order valence-corrected chi connectivity index (χ0v) is 18.3. The lowest BCUT2D eigenvalue weighted by Crippen LogP contribution is -2.55. The number of H-pyrrole nitrogens is 1. The number of nitrogens with one attached hydrogen (secondary N) is 2. The zero-order chi connectivity index (χ0) is 22.1. The van der Waals surface area contributed by atoms with Crippen molar-refractivity contribution in [3.05, 3.63) is 66.2 Å². The molecule has 1 aliphatic heterocycles. The fourth-order valence-electron chi connectivity index (χ4n) is 4.05. The Hall–Kier alpha value is -3.65. The molecule has 0 unspecified atom stereocenters. The molecule has 162 valence electrons. The summed E-state index contributed by atoms with van der Waals surface area (Å²) in [7, 11) is 0. The summed E-state index contributed by atoms with van der Waals surface area (Å²) >= 11 is 5.93. The van der Waals surface area contributed by atoms with Gasteiger partial charge in [0.2, 0.25) is 0 Å². The van der Waals surface area contributed by atoms with Gasteiger partial charge in [0.1, 0.15) is 17.8 Å². The third-order valence-corrected chi connectivity index (χ3v) is 5.93. The molecule has 1 atom stereocenters. The number of benzene rings is 1. The first-order chi connectivity index (χ1) is 15.6. The van der Waals surface area contributed by atoms with Gasteiger partial charge in [-0.25, -0.2) is 14.8 Å². The number of pyridine rings is 1. The van der Waals surface area contributed by atoms with E-state index in [1.165, 1.54) is 0 Å². The van der Waals surface area contributed by atoms with Gasteiger partial charge in [-0.1, -0.05) is 11.6 Å². The van der Waals surface area contributed by atoms with Crippen molar-refractivity contribution in [3.63, 3.8) is 0 Å². The maximum Gasteiger partial charge on any atom is 0.322 e. The predicted molar refractivity (Wildman–Crippen MR) is 126 cm³/mol. The van der Waals surface area contributed by atoms with E-state index in [0.717, 1.165) is 33.8 Å². The van der Waals surface area contributed by atoms with E-state index in [0.29, 0.717) is 24.7 Å². The van der Waals surface area contributed by atoms with Gasteiger partial charge in [-0.2, -0.15) is 0 Å². The molecule has 1 fully saturated rings. The molecule has 32 heavy (non-hydrogen) atoms. The molecule has 2 N–H and O–H groups in total. The monoisotopic (exact) mass is 447 g/mol. The van der Waals surface area contributed by atoms with Gasteiger partial charge in [-0.3, -0.25) is 4.98 Å². The molecule has 1 aromatic carbocycles. The third-order valence-electron chi connectivity index (χ3n) is 5.68.